The van der Waals surface area contributed by atoms with Crippen molar-refractivity contribution in [3.63, 3.8) is 0 Å². The van der Waals surface area contributed by atoms with Crippen molar-refractivity contribution in [2.24, 2.45) is 5.73 Å². The Bertz CT molecular complexity index is 139. The molecule has 4 nitrogen and oxygen atoms in total. The SMILES string of the molecule is CC[C@@H](N)C(=O)N[C@@H](C)COC. The van der Waals surface area contributed by atoms with Gasteiger partial charge in [0, 0.05) is 13.2 Å². The van der Waals surface area contributed by atoms with Crippen LogP contribution in [-0.4, -0.2) is 31.7 Å². The van der Waals surface area contributed by atoms with E-state index in [4.69, 9.17) is 10.5 Å². The first-order valence-corrected chi connectivity index (χ1v) is 4.16. The third-order valence-electron chi connectivity index (χ3n) is 1.58. The van der Waals surface area contributed by atoms with Gasteiger partial charge < -0.3 is 15.8 Å². The summed E-state index contributed by atoms with van der Waals surface area (Å²) in [6.45, 7) is 4.27. The standard InChI is InChI=1S/C8H18N2O2/c1-4-7(9)8(11)10-6(2)5-12-3/h6-7H,4-5,9H2,1-3H3,(H,10,11)/t6-,7+/m0/s1. The summed E-state index contributed by atoms with van der Waals surface area (Å²) in [5.41, 5.74) is 5.51. The molecule has 0 rings (SSSR count). The van der Waals surface area contributed by atoms with Gasteiger partial charge in [0.25, 0.3) is 0 Å². The van der Waals surface area contributed by atoms with E-state index in [1.54, 1.807) is 7.11 Å². The lowest BCUT2D eigenvalue weighted by atomic mass is 10.2. The molecule has 3 N–H and O–H groups in total. The average molecular weight is 174 g/mol. The molecule has 0 aliphatic carbocycles. The van der Waals surface area contributed by atoms with Crippen LogP contribution in [0.5, 0.6) is 0 Å². The number of carbonyl (C=O) groups excluding carboxylic acids is 1. The molecule has 2 atom stereocenters. The van der Waals surface area contributed by atoms with Crippen molar-refractivity contribution in [1.82, 2.24) is 5.32 Å². The third-order valence-corrected chi connectivity index (χ3v) is 1.58. The smallest absolute Gasteiger partial charge is 0.237 e. The maximum Gasteiger partial charge on any atom is 0.237 e. The molecular formula is C8H18N2O2. The van der Waals surface area contributed by atoms with E-state index in [1.165, 1.54) is 0 Å². The van der Waals surface area contributed by atoms with E-state index in [1.807, 2.05) is 13.8 Å². The predicted octanol–water partition coefficient (Wildman–Crippen LogP) is -0.125. The van der Waals surface area contributed by atoms with Crippen LogP contribution in [0.3, 0.4) is 0 Å². The van der Waals surface area contributed by atoms with Gasteiger partial charge in [0.05, 0.1) is 12.6 Å². The maximum atomic E-state index is 11.2. The number of nitrogens with one attached hydrogen (secondary N) is 1. The van der Waals surface area contributed by atoms with Gasteiger partial charge in [0.1, 0.15) is 0 Å². The Kier molecular flexibility index (Phi) is 5.66. The van der Waals surface area contributed by atoms with Crippen LogP contribution in [0.4, 0.5) is 0 Å². The lowest BCUT2D eigenvalue weighted by Crippen LogP contribution is -2.45. The molecule has 4 heteroatoms. The summed E-state index contributed by atoms with van der Waals surface area (Å²) in [5.74, 6) is -0.109. The van der Waals surface area contributed by atoms with Gasteiger partial charge in [0.2, 0.25) is 5.91 Å². The van der Waals surface area contributed by atoms with E-state index < -0.39 is 6.04 Å². The van der Waals surface area contributed by atoms with Gasteiger partial charge in [-0.2, -0.15) is 0 Å². The molecule has 0 heterocycles. The monoisotopic (exact) mass is 174 g/mol. The Morgan fingerprint density at radius 2 is 2.25 bits per heavy atom. The lowest BCUT2D eigenvalue weighted by molar-refractivity contribution is -0.123. The normalized spacial score (nSPS) is 15.3. The zero-order chi connectivity index (χ0) is 9.56. The van der Waals surface area contributed by atoms with Crippen molar-refractivity contribution in [2.75, 3.05) is 13.7 Å². The van der Waals surface area contributed by atoms with Gasteiger partial charge in [0.15, 0.2) is 0 Å². The van der Waals surface area contributed by atoms with Gasteiger partial charge in [-0.1, -0.05) is 6.92 Å². The number of rotatable bonds is 5. The number of amides is 1. The summed E-state index contributed by atoms with van der Waals surface area (Å²) >= 11 is 0. The fourth-order valence-corrected chi connectivity index (χ4v) is 0.827. The molecular weight excluding hydrogens is 156 g/mol. The number of hydrogen-bond donors (Lipinski definition) is 2. The molecule has 0 bridgehead atoms. The van der Waals surface area contributed by atoms with Crippen molar-refractivity contribution < 1.29 is 9.53 Å². The second-order valence-electron chi connectivity index (χ2n) is 2.88. The van der Waals surface area contributed by atoms with Crippen LogP contribution in [0, 0.1) is 0 Å². The fraction of sp³-hybridized carbons (Fsp3) is 0.875. The number of ether oxygens (including phenoxy) is 1. The van der Waals surface area contributed by atoms with Crippen LogP contribution in [0.25, 0.3) is 0 Å². The summed E-state index contributed by atoms with van der Waals surface area (Å²) in [4.78, 5) is 11.2. The minimum atomic E-state index is -0.399. The maximum absolute atomic E-state index is 11.2. The molecule has 0 aliphatic heterocycles. The van der Waals surface area contributed by atoms with Crippen LogP contribution >= 0.6 is 0 Å². The number of carbonyl (C=O) groups is 1. The molecule has 0 radical (unpaired) electrons. The van der Waals surface area contributed by atoms with Crippen LogP contribution in [0.15, 0.2) is 0 Å². The molecule has 1 amide bonds. The highest BCUT2D eigenvalue weighted by molar-refractivity contribution is 5.81. The fourth-order valence-electron chi connectivity index (χ4n) is 0.827. The first kappa shape index (κ1) is 11.4. The second kappa shape index (κ2) is 5.97. The Hall–Kier alpha value is -0.610. The second-order valence-corrected chi connectivity index (χ2v) is 2.88. The summed E-state index contributed by atoms with van der Waals surface area (Å²) in [6, 6.07) is -0.371. The Labute approximate surface area is 73.5 Å². The molecule has 0 fully saturated rings. The molecule has 0 aromatic heterocycles. The Morgan fingerprint density at radius 3 is 2.67 bits per heavy atom. The highest BCUT2D eigenvalue weighted by Gasteiger charge is 2.12. The van der Waals surface area contributed by atoms with Gasteiger partial charge in [-0.3, -0.25) is 4.79 Å². The van der Waals surface area contributed by atoms with E-state index in [2.05, 4.69) is 5.32 Å². The molecule has 0 aliphatic rings. The number of hydrogen-bond acceptors (Lipinski definition) is 3. The van der Waals surface area contributed by atoms with E-state index in [9.17, 15) is 4.79 Å². The minimum Gasteiger partial charge on any atom is -0.383 e. The molecule has 12 heavy (non-hydrogen) atoms. The van der Waals surface area contributed by atoms with Crippen molar-refractivity contribution in [3.8, 4) is 0 Å². The summed E-state index contributed by atoms with van der Waals surface area (Å²) in [7, 11) is 1.60. The highest BCUT2D eigenvalue weighted by atomic mass is 16.5. The van der Waals surface area contributed by atoms with Crippen LogP contribution in [0.1, 0.15) is 20.3 Å². The highest BCUT2D eigenvalue weighted by Crippen LogP contribution is 1.88. The largest absolute Gasteiger partial charge is 0.383 e. The zero-order valence-corrected chi connectivity index (χ0v) is 7.96. The first-order valence-electron chi connectivity index (χ1n) is 4.16. The van der Waals surface area contributed by atoms with E-state index in [0.29, 0.717) is 13.0 Å². The molecule has 0 spiro atoms. The van der Waals surface area contributed by atoms with Crippen molar-refractivity contribution in [2.45, 2.75) is 32.4 Å². The van der Waals surface area contributed by atoms with Crippen LogP contribution in [-0.2, 0) is 9.53 Å². The predicted molar refractivity (Wildman–Crippen MR) is 47.7 cm³/mol. The quantitative estimate of drug-likeness (QED) is 0.610. The topological polar surface area (TPSA) is 64.4 Å². The molecule has 72 valence electrons. The van der Waals surface area contributed by atoms with Gasteiger partial charge in [-0.15, -0.1) is 0 Å². The number of methoxy groups -OCH3 is 1. The van der Waals surface area contributed by atoms with Crippen molar-refractivity contribution in [1.29, 1.82) is 0 Å². The number of nitrogens with two attached hydrogens (primary N) is 1. The summed E-state index contributed by atoms with van der Waals surface area (Å²) < 4.78 is 4.86. The average Bonchev–Trinajstić information content (AvgIpc) is 2.03. The molecule has 0 aromatic carbocycles. The minimum absolute atomic E-state index is 0.0279. The van der Waals surface area contributed by atoms with Crippen molar-refractivity contribution >= 4 is 5.91 Å². The molecule has 0 saturated heterocycles. The Balaban J connectivity index is 3.67. The van der Waals surface area contributed by atoms with Gasteiger partial charge in [-0.05, 0) is 13.3 Å². The molecule has 0 saturated carbocycles. The summed E-state index contributed by atoms with van der Waals surface area (Å²) in [6.07, 6.45) is 0.658. The van der Waals surface area contributed by atoms with E-state index in [0.717, 1.165) is 0 Å². The summed E-state index contributed by atoms with van der Waals surface area (Å²) in [5, 5.41) is 2.74. The van der Waals surface area contributed by atoms with Crippen LogP contribution < -0.4 is 11.1 Å². The molecule has 0 unspecified atom stereocenters. The van der Waals surface area contributed by atoms with Crippen LogP contribution in [0.2, 0.25) is 0 Å². The third kappa shape index (κ3) is 4.31. The lowest BCUT2D eigenvalue weighted by Gasteiger charge is -2.15. The molecule has 0 aromatic rings. The van der Waals surface area contributed by atoms with Crippen molar-refractivity contribution in [3.05, 3.63) is 0 Å². The van der Waals surface area contributed by atoms with Gasteiger partial charge >= 0.3 is 0 Å². The Morgan fingerprint density at radius 1 is 1.67 bits per heavy atom. The van der Waals surface area contributed by atoms with E-state index in [-0.39, 0.29) is 11.9 Å². The van der Waals surface area contributed by atoms with E-state index >= 15 is 0 Å². The zero-order valence-electron chi connectivity index (χ0n) is 7.96. The first-order chi connectivity index (χ1) is 5.61. The van der Waals surface area contributed by atoms with Gasteiger partial charge in [-0.25, -0.2) is 0 Å².